The molecule has 192 valence electrons. The maximum atomic E-state index is 4.94. The van der Waals surface area contributed by atoms with Gasteiger partial charge in [-0.1, -0.05) is 12.1 Å². The molecule has 35 heavy (non-hydrogen) atoms. The molecule has 0 spiro atoms. The zero-order valence-electron chi connectivity index (χ0n) is 21.8. The summed E-state index contributed by atoms with van der Waals surface area (Å²) in [5.74, 6) is 0. The molecule has 4 nitrogen and oxygen atoms in total. The normalized spacial score (nSPS) is 17.1. The van der Waals surface area contributed by atoms with Crippen molar-refractivity contribution >= 4 is 37.7 Å². The van der Waals surface area contributed by atoms with Crippen LogP contribution in [0.4, 0.5) is 0 Å². The van der Waals surface area contributed by atoms with Gasteiger partial charge in [0.1, 0.15) is 0 Å². The Morgan fingerprint density at radius 2 is 0.571 bits per heavy atom. The molecule has 4 fully saturated rings. The van der Waals surface area contributed by atoms with Gasteiger partial charge in [-0.25, -0.2) is 0 Å². The first kappa shape index (κ1) is 34.3. The maximum absolute atomic E-state index is 4.94. The van der Waals surface area contributed by atoms with Gasteiger partial charge >= 0.3 is 37.7 Å². The fraction of sp³-hybridized carbons (Fsp3) is 0.533. The van der Waals surface area contributed by atoms with Crippen LogP contribution in [-0.4, -0.2) is 90.6 Å². The molecule has 0 amide bonds. The molecule has 0 N–H and O–H groups in total. The molecular weight excluding hydrogens is 464 g/mol. The van der Waals surface area contributed by atoms with E-state index in [9.17, 15) is 0 Å². The molecule has 2 aromatic carbocycles. The third-order valence-corrected chi connectivity index (χ3v) is 5.00. The number of rotatable bonds is 0. The van der Waals surface area contributed by atoms with Gasteiger partial charge in [-0.3, -0.25) is 0 Å². The van der Waals surface area contributed by atoms with E-state index in [1.165, 1.54) is 51.4 Å². The fourth-order valence-electron chi connectivity index (χ4n) is 3.00. The third-order valence-electron chi connectivity index (χ3n) is 5.00. The molecule has 0 unspecified atom stereocenters. The number of ether oxygens (including phenoxy) is 4. The van der Waals surface area contributed by atoms with Crippen molar-refractivity contribution in [2.24, 2.45) is 0 Å². The Balaban J connectivity index is 0.000000397. The predicted molar refractivity (Wildman–Crippen MR) is 148 cm³/mol. The second kappa shape index (κ2) is 27.9. The molecule has 2 aromatic rings. The Hall–Kier alpha value is -0.720. The van der Waals surface area contributed by atoms with Gasteiger partial charge in [-0.2, -0.15) is 49.2 Å². The van der Waals surface area contributed by atoms with Crippen LogP contribution in [0.15, 0.2) is 60.7 Å². The summed E-state index contributed by atoms with van der Waals surface area (Å²) in [7, 11) is 0. The summed E-state index contributed by atoms with van der Waals surface area (Å²) >= 11 is 0. The van der Waals surface area contributed by atoms with E-state index < -0.39 is 0 Å². The smallest absolute Gasteiger partial charge is 0.381 e. The van der Waals surface area contributed by atoms with Gasteiger partial charge in [0, 0.05) is 52.9 Å². The Morgan fingerprint density at radius 1 is 0.371 bits per heavy atom. The molecular formula is C30H46CaO4. The Bertz CT molecular complexity index is 515. The van der Waals surface area contributed by atoms with Crippen molar-refractivity contribution < 1.29 is 18.9 Å². The van der Waals surface area contributed by atoms with Crippen molar-refractivity contribution in [2.45, 2.75) is 51.4 Å². The van der Waals surface area contributed by atoms with Gasteiger partial charge in [-0.05, 0) is 51.4 Å². The Labute approximate surface area is 245 Å². The first-order valence-electron chi connectivity index (χ1n) is 12.8. The Kier molecular flexibility index (Phi) is 27.3. The van der Waals surface area contributed by atoms with Crippen LogP contribution in [0.25, 0.3) is 0 Å². The topological polar surface area (TPSA) is 36.9 Å². The Morgan fingerprint density at radius 3 is 0.657 bits per heavy atom. The van der Waals surface area contributed by atoms with Crippen LogP contribution in [0.5, 0.6) is 0 Å². The van der Waals surface area contributed by atoms with Crippen LogP contribution in [0.2, 0.25) is 0 Å². The number of benzene rings is 2. The minimum absolute atomic E-state index is 0. The second-order valence-electron chi connectivity index (χ2n) is 8.25. The minimum Gasteiger partial charge on any atom is -0.381 e. The number of hydrogen-bond donors (Lipinski definition) is 0. The quantitative estimate of drug-likeness (QED) is 0.298. The van der Waals surface area contributed by atoms with E-state index in [1.54, 1.807) is 0 Å². The van der Waals surface area contributed by atoms with Crippen LogP contribution in [-0.2, 0) is 18.9 Å². The molecule has 4 heterocycles. The van der Waals surface area contributed by atoms with Crippen LogP contribution in [0.3, 0.4) is 0 Å². The molecule has 0 atom stereocenters. The molecule has 0 bridgehead atoms. The van der Waals surface area contributed by atoms with Crippen LogP contribution in [0, 0.1) is 13.8 Å². The van der Waals surface area contributed by atoms with E-state index in [0.717, 1.165) is 64.0 Å². The maximum Gasteiger partial charge on any atom is 2.00 e. The minimum atomic E-state index is 0. The standard InChI is InChI=1S/2C7H7.4C4H8O.Ca/c2*1-7-5-3-2-4-6-7;4*1-2-4-5-3-1;/h2*2-6H,1H2;4*1-4H2;/q2*-1;;;;;+2. The summed E-state index contributed by atoms with van der Waals surface area (Å²) in [5, 5.41) is 0. The van der Waals surface area contributed by atoms with Gasteiger partial charge in [0.25, 0.3) is 0 Å². The molecule has 0 radical (unpaired) electrons. The van der Waals surface area contributed by atoms with E-state index in [0.29, 0.717) is 0 Å². The SMILES string of the molecule is C1CCOC1.C1CCOC1.C1CCOC1.C1CCOC1.[CH2-]c1ccccc1.[CH2-]c1ccccc1.[Ca+2]. The molecule has 0 aliphatic carbocycles. The summed E-state index contributed by atoms with van der Waals surface area (Å²) in [6.45, 7) is 15.4. The molecule has 5 heteroatoms. The molecule has 6 rings (SSSR count). The van der Waals surface area contributed by atoms with Crippen LogP contribution >= 0.6 is 0 Å². The van der Waals surface area contributed by atoms with Gasteiger partial charge in [0.2, 0.25) is 0 Å². The molecule has 0 saturated carbocycles. The molecule has 4 aliphatic rings. The average Bonchev–Trinajstić information content (AvgIpc) is 3.73. The average molecular weight is 511 g/mol. The third kappa shape index (κ3) is 26.2. The van der Waals surface area contributed by atoms with Crippen molar-refractivity contribution in [3.63, 3.8) is 0 Å². The summed E-state index contributed by atoms with van der Waals surface area (Å²) < 4.78 is 19.8. The van der Waals surface area contributed by atoms with Gasteiger partial charge < -0.3 is 18.9 Å². The monoisotopic (exact) mass is 510 g/mol. The summed E-state index contributed by atoms with van der Waals surface area (Å²) in [5.41, 5.74) is 2.14. The van der Waals surface area contributed by atoms with E-state index in [2.05, 4.69) is 13.8 Å². The fourth-order valence-corrected chi connectivity index (χ4v) is 3.00. The summed E-state index contributed by atoms with van der Waals surface area (Å²) in [6, 6.07) is 19.7. The largest absolute Gasteiger partial charge is 2.00 e. The summed E-state index contributed by atoms with van der Waals surface area (Å²) in [4.78, 5) is 0. The van der Waals surface area contributed by atoms with Crippen molar-refractivity contribution in [1.82, 2.24) is 0 Å². The zero-order chi connectivity index (χ0) is 24.4. The van der Waals surface area contributed by atoms with E-state index >= 15 is 0 Å². The molecule has 4 aliphatic heterocycles. The van der Waals surface area contributed by atoms with Crippen molar-refractivity contribution in [2.75, 3.05) is 52.9 Å². The van der Waals surface area contributed by atoms with Crippen LogP contribution < -0.4 is 0 Å². The summed E-state index contributed by atoms with van der Waals surface area (Å²) in [6.07, 6.45) is 10.2. The van der Waals surface area contributed by atoms with E-state index in [-0.39, 0.29) is 37.7 Å². The van der Waals surface area contributed by atoms with Gasteiger partial charge in [0.05, 0.1) is 0 Å². The first-order chi connectivity index (χ1) is 16.8. The molecule has 4 saturated heterocycles. The first-order valence-corrected chi connectivity index (χ1v) is 12.8. The predicted octanol–water partition coefficient (Wildman–Crippen LogP) is 6.54. The van der Waals surface area contributed by atoms with Crippen molar-refractivity contribution in [3.05, 3.63) is 85.6 Å². The van der Waals surface area contributed by atoms with Crippen LogP contribution in [0.1, 0.15) is 62.5 Å². The van der Waals surface area contributed by atoms with E-state index in [4.69, 9.17) is 18.9 Å². The van der Waals surface area contributed by atoms with E-state index in [1.807, 2.05) is 60.7 Å². The number of hydrogen-bond acceptors (Lipinski definition) is 4. The zero-order valence-corrected chi connectivity index (χ0v) is 24.0. The van der Waals surface area contributed by atoms with Gasteiger partial charge in [-0.15, -0.1) is 24.3 Å². The van der Waals surface area contributed by atoms with Crippen molar-refractivity contribution in [1.29, 1.82) is 0 Å². The second-order valence-corrected chi connectivity index (χ2v) is 8.25. The van der Waals surface area contributed by atoms with Crippen molar-refractivity contribution in [3.8, 4) is 0 Å². The molecule has 0 aromatic heterocycles. The van der Waals surface area contributed by atoms with Gasteiger partial charge in [0.15, 0.2) is 0 Å².